The van der Waals surface area contributed by atoms with Gasteiger partial charge in [0.05, 0.1) is 0 Å². The molecule has 0 spiro atoms. The molecular formula is C16H27ClN4O. The Labute approximate surface area is 138 Å². The third-order valence-corrected chi connectivity index (χ3v) is 4.99. The lowest BCUT2D eigenvalue weighted by Crippen LogP contribution is -2.56. The van der Waals surface area contributed by atoms with Gasteiger partial charge in [-0.05, 0) is 44.8 Å². The molecule has 124 valence electrons. The summed E-state index contributed by atoms with van der Waals surface area (Å²) in [5, 5.41) is 11.1. The summed E-state index contributed by atoms with van der Waals surface area (Å²) in [4.78, 5) is 13.0. The van der Waals surface area contributed by atoms with Gasteiger partial charge in [-0.25, -0.2) is 0 Å². The molecule has 2 heterocycles. The van der Waals surface area contributed by atoms with E-state index in [2.05, 4.69) is 15.7 Å². The van der Waals surface area contributed by atoms with Crippen LogP contribution in [-0.4, -0.2) is 34.8 Å². The van der Waals surface area contributed by atoms with Crippen LogP contribution in [0.4, 0.5) is 0 Å². The summed E-state index contributed by atoms with van der Waals surface area (Å²) in [6.07, 6.45) is 12.7. The van der Waals surface area contributed by atoms with E-state index in [4.69, 9.17) is 0 Å². The summed E-state index contributed by atoms with van der Waals surface area (Å²) in [6, 6.07) is 2.25. The Morgan fingerprint density at radius 2 is 1.86 bits per heavy atom. The highest BCUT2D eigenvalue weighted by molar-refractivity contribution is 5.85. The van der Waals surface area contributed by atoms with Gasteiger partial charge >= 0.3 is 0 Å². The fourth-order valence-electron chi connectivity index (χ4n) is 3.67. The third-order valence-electron chi connectivity index (χ3n) is 4.99. The molecule has 1 aromatic heterocycles. The van der Waals surface area contributed by atoms with Gasteiger partial charge in [-0.2, -0.15) is 5.10 Å². The molecule has 2 fully saturated rings. The van der Waals surface area contributed by atoms with Crippen LogP contribution in [0.1, 0.15) is 51.4 Å². The molecule has 1 saturated heterocycles. The van der Waals surface area contributed by atoms with Gasteiger partial charge in [-0.3, -0.25) is 9.48 Å². The molecule has 1 aliphatic carbocycles. The van der Waals surface area contributed by atoms with Gasteiger partial charge in [0.25, 0.3) is 0 Å². The van der Waals surface area contributed by atoms with Crippen molar-refractivity contribution in [3.8, 4) is 0 Å². The number of nitrogens with one attached hydrogen (secondary N) is 2. The predicted octanol–water partition coefficient (Wildman–Crippen LogP) is 2.22. The highest BCUT2D eigenvalue weighted by Gasteiger charge is 2.42. The van der Waals surface area contributed by atoms with Gasteiger partial charge in [-0.1, -0.05) is 25.7 Å². The smallest absolute Gasteiger partial charge is 0.248 e. The average molecular weight is 327 g/mol. The maximum atomic E-state index is 13.0. The summed E-state index contributed by atoms with van der Waals surface area (Å²) < 4.78 is 1.87. The molecule has 2 N–H and O–H groups in total. The molecule has 6 heteroatoms. The second kappa shape index (κ2) is 7.97. The van der Waals surface area contributed by atoms with Crippen LogP contribution in [0.5, 0.6) is 0 Å². The molecule has 1 saturated carbocycles. The first-order valence-electron chi connectivity index (χ1n) is 8.33. The molecule has 0 aromatic carbocycles. The highest BCUT2D eigenvalue weighted by Crippen LogP contribution is 2.28. The lowest BCUT2D eigenvalue weighted by Gasteiger charge is -2.37. The summed E-state index contributed by atoms with van der Waals surface area (Å²) in [5.74, 6) is 0.166. The van der Waals surface area contributed by atoms with Crippen molar-refractivity contribution in [3.63, 3.8) is 0 Å². The molecular weight excluding hydrogens is 300 g/mol. The first kappa shape index (κ1) is 17.3. The third kappa shape index (κ3) is 3.63. The van der Waals surface area contributed by atoms with E-state index in [1.54, 1.807) is 6.20 Å². The van der Waals surface area contributed by atoms with Gasteiger partial charge in [-0.15, -0.1) is 12.4 Å². The van der Waals surface area contributed by atoms with Crippen LogP contribution >= 0.6 is 12.4 Å². The number of nitrogens with zero attached hydrogens (tertiary/aromatic N) is 2. The van der Waals surface area contributed by atoms with Crippen LogP contribution in [0, 0.1) is 0 Å². The van der Waals surface area contributed by atoms with Crippen molar-refractivity contribution >= 4 is 18.3 Å². The lowest BCUT2D eigenvalue weighted by molar-refractivity contribution is -0.132. The molecule has 0 unspecified atom stereocenters. The minimum Gasteiger partial charge on any atom is -0.351 e. The molecule has 0 atom stereocenters. The molecule has 2 aliphatic rings. The number of aromatic nitrogens is 2. The standard InChI is InChI=1S/C16H26N4O.ClH/c21-15(19-14-6-3-1-2-4-7-14)16(8-11-17-12-9-16)20-13-5-10-18-20;/h5,10,13-14,17H,1-4,6-9,11-12H2,(H,19,21);1H. The number of halogens is 1. The van der Waals surface area contributed by atoms with E-state index < -0.39 is 5.54 Å². The van der Waals surface area contributed by atoms with Crippen molar-refractivity contribution in [3.05, 3.63) is 18.5 Å². The van der Waals surface area contributed by atoms with Gasteiger partial charge in [0.2, 0.25) is 5.91 Å². The van der Waals surface area contributed by atoms with Gasteiger partial charge in [0, 0.05) is 18.4 Å². The molecule has 0 radical (unpaired) electrons. The Balaban J connectivity index is 0.00000176. The van der Waals surface area contributed by atoms with E-state index in [1.165, 1.54) is 25.7 Å². The number of piperidine rings is 1. The Kier molecular flexibility index (Phi) is 6.26. The number of amides is 1. The van der Waals surface area contributed by atoms with Crippen molar-refractivity contribution in [2.45, 2.75) is 62.9 Å². The molecule has 0 bridgehead atoms. The molecule has 1 aliphatic heterocycles. The Bertz CT molecular complexity index is 449. The van der Waals surface area contributed by atoms with Crippen LogP contribution in [0.2, 0.25) is 0 Å². The van der Waals surface area contributed by atoms with Crippen molar-refractivity contribution < 1.29 is 4.79 Å². The second-order valence-electron chi connectivity index (χ2n) is 6.39. The second-order valence-corrected chi connectivity index (χ2v) is 6.39. The van der Waals surface area contributed by atoms with Crippen LogP contribution in [0.25, 0.3) is 0 Å². The summed E-state index contributed by atoms with van der Waals surface area (Å²) >= 11 is 0. The van der Waals surface area contributed by atoms with E-state index >= 15 is 0 Å². The zero-order valence-electron chi connectivity index (χ0n) is 13.1. The zero-order chi connectivity index (χ0) is 14.5. The lowest BCUT2D eigenvalue weighted by atomic mass is 9.87. The van der Waals surface area contributed by atoms with E-state index in [9.17, 15) is 4.79 Å². The number of carbonyl (C=O) groups is 1. The monoisotopic (exact) mass is 326 g/mol. The SMILES string of the molecule is Cl.O=C(NC1CCCCCC1)C1(n2cccn2)CCNCC1. The van der Waals surface area contributed by atoms with Crippen LogP contribution in [-0.2, 0) is 10.3 Å². The molecule has 5 nitrogen and oxygen atoms in total. The number of hydrogen-bond acceptors (Lipinski definition) is 3. The average Bonchev–Trinajstić information content (AvgIpc) is 2.94. The number of carbonyl (C=O) groups excluding carboxylic acids is 1. The quantitative estimate of drug-likeness (QED) is 0.837. The van der Waals surface area contributed by atoms with Crippen LogP contribution in [0.15, 0.2) is 18.5 Å². The fourth-order valence-corrected chi connectivity index (χ4v) is 3.67. The van der Waals surface area contributed by atoms with Crippen molar-refractivity contribution in [1.82, 2.24) is 20.4 Å². The minimum atomic E-state index is -0.499. The first-order valence-corrected chi connectivity index (χ1v) is 8.33. The van der Waals surface area contributed by atoms with Crippen LogP contribution < -0.4 is 10.6 Å². The van der Waals surface area contributed by atoms with Gasteiger partial charge < -0.3 is 10.6 Å². The Morgan fingerprint density at radius 3 is 2.45 bits per heavy atom. The Morgan fingerprint density at radius 1 is 1.18 bits per heavy atom. The van der Waals surface area contributed by atoms with E-state index in [0.29, 0.717) is 6.04 Å². The van der Waals surface area contributed by atoms with E-state index in [-0.39, 0.29) is 18.3 Å². The molecule has 22 heavy (non-hydrogen) atoms. The van der Waals surface area contributed by atoms with Gasteiger partial charge in [0.1, 0.15) is 5.54 Å². The molecule has 3 rings (SSSR count). The van der Waals surface area contributed by atoms with Crippen molar-refractivity contribution in [1.29, 1.82) is 0 Å². The molecule has 1 aromatic rings. The molecule has 1 amide bonds. The number of hydrogen-bond donors (Lipinski definition) is 2. The van der Waals surface area contributed by atoms with E-state index in [0.717, 1.165) is 38.8 Å². The first-order chi connectivity index (χ1) is 10.3. The topological polar surface area (TPSA) is 59.0 Å². The summed E-state index contributed by atoms with van der Waals surface area (Å²) in [5.41, 5.74) is -0.499. The largest absolute Gasteiger partial charge is 0.351 e. The fraction of sp³-hybridized carbons (Fsp3) is 0.750. The predicted molar refractivity (Wildman–Crippen MR) is 89.2 cm³/mol. The van der Waals surface area contributed by atoms with E-state index in [1.807, 2.05) is 16.9 Å². The summed E-state index contributed by atoms with van der Waals surface area (Å²) in [6.45, 7) is 1.75. The van der Waals surface area contributed by atoms with Crippen molar-refractivity contribution in [2.24, 2.45) is 0 Å². The normalized spacial score (nSPS) is 22.4. The minimum absolute atomic E-state index is 0. The Hall–Kier alpha value is -1.07. The van der Waals surface area contributed by atoms with Crippen LogP contribution in [0.3, 0.4) is 0 Å². The van der Waals surface area contributed by atoms with Crippen molar-refractivity contribution in [2.75, 3.05) is 13.1 Å². The maximum absolute atomic E-state index is 13.0. The zero-order valence-corrected chi connectivity index (χ0v) is 13.9. The highest BCUT2D eigenvalue weighted by atomic mass is 35.5. The van der Waals surface area contributed by atoms with Gasteiger partial charge in [0.15, 0.2) is 0 Å². The summed E-state index contributed by atoms with van der Waals surface area (Å²) in [7, 11) is 0. The number of rotatable bonds is 3. The maximum Gasteiger partial charge on any atom is 0.248 e.